The van der Waals surface area contributed by atoms with Crippen molar-refractivity contribution in [2.75, 3.05) is 5.32 Å². The van der Waals surface area contributed by atoms with Crippen molar-refractivity contribution in [3.05, 3.63) is 60.2 Å². The van der Waals surface area contributed by atoms with Gasteiger partial charge in [-0.25, -0.2) is 4.79 Å². The van der Waals surface area contributed by atoms with Crippen molar-refractivity contribution < 1.29 is 24.2 Å². The van der Waals surface area contributed by atoms with Crippen molar-refractivity contribution in [1.82, 2.24) is 0 Å². The van der Waals surface area contributed by atoms with E-state index >= 15 is 0 Å². The summed E-state index contributed by atoms with van der Waals surface area (Å²) in [6.45, 7) is 5.91. The van der Waals surface area contributed by atoms with E-state index in [9.17, 15) is 14.7 Å². The van der Waals surface area contributed by atoms with E-state index < -0.39 is 29.6 Å². The third kappa shape index (κ3) is 7.46. The van der Waals surface area contributed by atoms with Crippen LogP contribution in [-0.2, 0) is 16.1 Å². The number of nitrogens with one attached hydrogen (secondary N) is 1. The van der Waals surface area contributed by atoms with Crippen molar-refractivity contribution in [1.29, 1.82) is 0 Å². The average Bonchev–Trinajstić information content (AvgIpc) is 2.66. The van der Waals surface area contributed by atoms with Crippen LogP contribution in [0.1, 0.15) is 32.8 Å². The number of carbonyl (C=O) groups excluding carboxylic acids is 2. The van der Waals surface area contributed by atoms with Gasteiger partial charge in [0.2, 0.25) is 0 Å². The van der Waals surface area contributed by atoms with Gasteiger partial charge in [0.15, 0.2) is 6.10 Å². The summed E-state index contributed by atoms with van der Waals surface area (Å²) in [7, 11) is 0. The van der Waals surface area contributed by atoms with Gasteiger partial charge in [-0.1, -0.05) is 51.1 Å². The smallest absolute Gasteiger partial charge is 0.405 e. The van der Waals surface area contributed by atoms with E-state index in [0.717, 1.165) is 5.56 Å². The topological polar surface area (TPSA) is 111 Å². The molecule has 0 spiro atoms. The third-order valence-corrected chi connectivity index (χ3v) is 4.36. The normalized spacial score (nSPS) is 13.2. The predicted octanol–water partition coefficient (Wildman–Crippen LogP) is 3.47. The number of carbonyl (C=O) groups is 2. The fraction of sp³-hybridized carbons (Fsp3) is 0.364. The summed E-state index contributed by atoms with van der Waals surface area (Å²) in [5.74, 6) is 0.0880. The van der Waals surface area contributed by atoms with E-state index in [1.807, 2.05) is 51.1 Å². The Balaban J connectivity index is 1.96. The van der Waals surface area contributed by atoms with Crippen LogP contribution >= 0.6 is 0 Å². The minimum absolute atomic E-state index is 0.0590. The van der Waals surface area contributed by atoms with Crippen molar-refractivity contribution in [3.8, 4) is 5.75 Å². The molecule has 29 heavy (non-hydrogen) atoms. The van der Waals surface area contributed by atoms with Crippen LogP contribution in [0, 0.1) is 5.41 Å². The number of amides is 2. The van der Waals surface area contributed by atoms with Gasteiger partial charge in [-0.05, 0) is 35.2 Å². The zero-order chi connectivity index (χ0) is 21.4. The number of anilines is 1. The minimum Gasteiger partial charge on any atom is -0.489 e. The van der Waals surface area contributed by atoms with Crippen molar-refractivity contribution in [2.24, 2.45) is 11.1 Å². The van der Waals surface area contributed by atoms with E-state index in [2.05, 4.69) is 5.32 Å². The molecule has 156 valence electrons. The molecule has 7 nitrogen and oxygen atoms in total. The Labute approximate surface area is 170 Å². The summed E-state index contributed by atoms with van der Waals surface area (Å²) >= 11 is 0. The highest BCUT2D eigenvalue weighted by Crippen LogP contribution is 2.24. The molecule has 0 heterocycles. The average molecular weight is 400 g/mol. The molecule has 0 radical (unpaired) electrons. The van der Waals surface area contributed by atoms with Crippen LogP contribution in [0.5, 0.6) is 5.75 Å². The lowest BCUT2D eigenvalue weighted by Gasteiger charge is -2.28. The molecule has 2 aromatic carbocycles. The van der Waals surface area contributed by atoms with Crippen LogP contribution in [0.15, 0.2) is 54.6 Å². The quantitative estimate of drug-likeness (QED) is 0.628. The Bertz CT molecular complexity index is 800. The molecule has 0 aliphatic heterocycles. The molecule has 0 aromatic heterocycles. The molecule has 0 saturated carbocycles. The lowest BCUT2D eigenvalue weighted by molar-refractivity contribution is -0.126. The number of primary amides is 1. The van der Waals surface area contributed by atoms with Gasteiger partial charge in [-0.15, -0.1) is 0 Å². The molecule has 0 fully saturated rings. The lowest BCUT2D eigenvalue weighted by atomic mass is 9.86. The second-order valence-corrected chi connectivity index (χ2v) is 7.83. The third-order valence-electron chi connectivity index (χ3n) is 4.36. The number of rotatable bonds is 8. The van der Waals surface area contributed by atoms with E-state index in [-0.39, 0.29) is 6.42 Å². The standard InChI is InChI=1S/C22H28N2O5/c1-22(2,3)19(25)13-18(29-21(23)27)20(26)24-16-9-11-17(12-10-16)28-14-15-7-5-4-6-8-15/h4-12,18-19,25H,13-14H2,1-3H3,(H2,23,27)(H,24,26). The second-order valence-electron chi connectivity index (χ2n) is 7.83. The van der Waals surface area contributed by atoms with Gasteiger partial charge in [0, 0.05) is 12.1 Å². The van der Waals surface area contributed by atoms with Gasteiger partial charge in [-0.2, -0.15) is 0 Å². The summed E-state index contributed by atoms with van der Waals surface area (Å²) < 4.78 is 10.6. The summed E-state index contributed by atoms with van der Waals surface area (Å²) in [6, 6.07) is 16.6. The molecule has 0 aliphatic rings. The number of hydrogen-bond donors (Lipinski definition) is 3. The Morgan fingerprint density at radius 1 is 1.07 bits per heavy atom. The van der Waals surface area contributed by atoms with Gasteiger partial charge >= 0.3 is 6.09 Å². The number of benzene rings is 2. The maximum absolute atomic E-state index is 12.5. The van der Waals surface area contributed by atoms with Crippen LogP contribution in [0.3, 0.4) is 0 Å². The Hall–Kier alpha value is -3.06. The molecular formula is C22H28N2O5. The molecule has 0 aliphatic carbocycles. The summed E-state index contributed by atoms with van der Waals surface area (Å²) in [5.41, 5.74) is 6.15. The van der Waals surface area contributed by atoms with Gasteiger partial charge in [-0.3, -0.25) is 4.79 Å². The molecule has 4 N–H and O–H groups in total. The van der Waals surface area contributed by atoms with E-state index in [0.29, 0.717) is 18.0 Å². The van der Waals surface area contributed by atoms with Gasteiger partial charge in [0.1, 0.15) is 12.4 Å². The Kier molecular flexibility index (Phi) is 7.61. The SMILES string of the molecule is CC(C)(C)C(O)CC(OC(N)=O)C(=O)Nc1ccc(OCc2ccccc2)cc1. The maximum Gasteiger partial charge on any atom is 0.405 e. The number of aliphatic hydroxyl groups excluding tert-OH is 1. The maximum atomic E-state index is 12.5. The van der Waals surface area contributed by atoms with E-state index in [1.54, 1.807) is 24.3 Å². The summed E-state index contributed by atoms with van der Waals surface area (Å²) in [5, 5.41) is 12.9. The number of hydrogen-bond acceptors (Lipinski definition) is 5. The van der Waals surface area contributed by atoms with Crippen molar-refractivity contribution in [3.63, 3.8) is 0 Å². The van der Waals surface area contributed by atoms with E-state index in [1.165, 1.54) is 0 Å². The molecule has 0 bridgehead atoms. The Morgan fingerprint density at radius 3 is 2.24 bits per heavy atom. The summed E-state index contributed by atoms with van der Waals surface area (Å²) in [6.07, 6.45) is -3.19. The molecule has 2 rings (SSSR count). The van der Waals surface area contributed by atoms with Crippen molar-refractivity contribution in [2.45, 2.75) is 46.0 Å². The van der Waals surface area contributed by atoms with Gasteiger partial charge < -0.3 is 25.6 Å². The van der Waals surface area contributed by atoms with Crippen LogP contribution in [0.25, 0.3) is 0 Å². The largest absolute Gasteiger partial charge is 0.489 e. The molecular weight excluding hydrogens is 372 g/mol. The van der Waals surface area contributed by atoms with E-state index in [4.69, 9.17) is 15.2 Å². The highest BCUT2D eigenvalue weighted by atomic mass is 16.6. The fourth-order valence-corrected chi connectivity index (χ4v) is 2.50. The minimum atomic E-state index is -1.20. The van der Waals surface area contributed by atoms with Gasteiger partial charge in [0.25, 0.3) is 5.91 Å². The Morgan fingerprint density at radius 2 is 1.69 bits per heavy atom. The fourth-order valence-electron chi connectivity index (χ4n) is 2.50. The first-order valence-corrected chi connectivity index (χ1v) is 9.37. The first kappa shape index (κ1) is 22.2. The van der Waals surface area contributed by atoms with Crippen LogP contribution in [-0.4, -0.2) is 29.3 Å². The molecule has 2 aromatic rings. The predicted molar refractivity (Wildman–Crippen MR) is 110 cm³/mol. The lowest BCUT2D eigenvalue weighted by Crippen LogP contribution is -2.40. The molecule has 7 heteroatoms. The monoisotopic (exact) mass is 400 g/mol. The number of ether oxygens (including phenoxy) is 2. The second kappa shape index (κ2) is 9.93. The zero-order valence-corrected chi connectivity index (χ0v) is 16.9. The van der Waals surface area contributed by atoms with Crippen LogP contribution in [0.2, 0.25) is 0 Å². The highest BCUT2D eigenvalue weighted by molar-refractivity contribution is 5.95. The van der Waals surface area contributed by atoms with Crippen LogP contribution < -0.4 is 15.8 Å². The van der Waals surface area contributed by atoms with Gasteiger partial charge in [0.05, 0.1) is 6.10 Å². The summed E-state index contributed by atoms with van der Waals surface area (Å²) in [4.78, 5) is 23.7. The molecule has 2 atom stereocenters. The number of aliphatic hydroxyl groups is 1. The molecule has 2 amide bonds. The number of nitrogens with two attached hydrogens (primary N) is 1. The molecule has 0 saturated heterocycles. The molecule has 2 unspecified atom stereocenters. The first-order chi connectivity index (χ1) is 13.6. The van der Waals surface area contributed by atoms with Crippen molar-refractivity contribution >= 4 is 17.7 Å². The van der Waals surface area contributed by atoms with Crippen LogP contribution in [0.4, 0.5) is 10.5 Å². The zero-order valence-electron chi connectivity index (χ0n) is 16.9. The highest BCUT2D eigenvalue weighted by Gasteiger charge is 2.31. The first-order valence-electron chi connectivity index (χ1n) is 9.37.